The number of hydrogen-bond donors (Lipinski definition) is 0. The number of ether oxygens (including phenoxy) is 3. The van der Waals surface area contributed by atoms with Crippen LogP contribution in [0.5, 0.6) is 0 Å². The Hall–Kier alpha value is -4.71. The summed E-state index contributed by atoms with van der Waals surface area (Å²) in [4.78, 5) is 37.8. The summed E-state index contributed by atoms with van der Waals surface area (Å²) < 4.78 is 16.6. The number of unbranched alkanes of at least 4 members (excludes halogenated alkanes) is 15. The number of hydrogen-bond acceptors (Lipinski definition) is 6. The lowest BCUT2D eigenvalue weighted by Gasteiger charge is -2.18. The van der Waals surface area contributed by atoms with E-state index in [-0.39, 0.29) is 38.0 Å². The summed E-state index contributed by atoms with van der Waals surface area (Å²) in [5, 5.41) is 0. The van der Waals surface area contributed by atoms with Crippen molar-refractivity contribution in [1.29, 1.82) is 0 Å². The van der Waals surface area contributed by atoms with Gasteiger partial charge in [0.15, 0.2) is 6.10 Å². The van der Waals surface area contributed by atoms with E-state index in [0.29, 0.717) is 25.7 Å². The average molecular weight is 867 g/mol. The van der Waals surface area contributed by atoms with E-state index in [9.17, 15) is 14.4 Å². The maximum atomic E-state index is 12.7. The van der Waals surface area contributed by atoms with Crippen LogP contribution in [0.4, 0.5) is 0 Å². The Labute approximate surface area is 385 Å². The first-order valence-corrected chi connectivity index (χ1v) is 24.5. The van der Waals surface area contributed by atoms with Crippen LogP contribution < -0.4 is 0 Å². The van der Waals surface area contributed by atoms with Crippen molar-refractivity contribution in [2.24, 2.45) is 0 Å². The highest BCUT2D eigenvalue weighted by molar-refractivity contribution is 5.71. The molecule has 0 fully saturated rings. The van der Waals surface area contributed by atoms with Gasteiger partial charge in [-0.3, -0.25) is 14.4 Å². The Balaban J connectivity index is 4.56. The molecule has 350 valence electrons. The summed E-state index contributed by atoms with van der Waals surface area (Å²) in [6.07, 6.45) is 71.3. The maximum Gasteiger partial charge on any atom is 0.306 e. The molecule has 0 saturated carbocycles. The van der Waals surface area contributed by atoms with Gasteiger partial charge in [-0.25, -0.2) is 0 Å². The van der Waals surface area contributed by atoms with Crippen molar-refractivity contribution in [3.63, 3.8) is 0 Å². The summed E-state index contributed by atoms with van der Waals surface area (Å²) in [6.45, 7) is 6.16. The Bertz CT molecular complexity index is 1460. The first kappa shape index (κ1) is 58.3. The van der Waals surface area contributed by atoms with Crippen molar-refractivity contribution < 1.29 is 28.6 Å². The van der Waals surface area contributed by atoms with Crippen LogP contribution in [0, 0.1) is 0 Å². The average Bonchev–Trinajstić information content (AvgIpc) is 3.28. The van der Waals surface area contributed by atoms with E-state index in [1.54, 1.807) is 0 Å². The van der Waals surface area contributed by atoms with Gasteiger partial charge in [0.05, 0.1) is 0 Å². The van der Waals surface area contributed by atoms with Crippen LogP contribution in [-0.2, 0) is 28.6 Å². The lowest BCUT2D eigenvalue weighted by Crippen LogP contribution is -2.30. The van der Waals surface area contributed by atoms with Crippen molar-refractivity contribution in [3.8, 4) is 0 Å². The Morgan fingerprint density at radius 3 is 1.05 bits per heavy atom. The lowest BCUT2D eigenvalue weighted by molar-refractivity contribution is -0.167. The Morgan fingerprint density at radius 1 is 0.333 bits per heavy atom. The number of carbonyl (C=O) groups excluding carboxylic acids is 3. The third kappa shape index (κ3) is 48.2. The van der Waals surface area contributed by atoms with Crippen LogP contribution in [0.25, 0.3) is 0 Å². The number of allylic oxidation sites excluding steroid dienone is 24. The minimum Gasteiger partial charge on any atom is -0.462 e. The molecule has 0 radical (unpaired) electrons. The first-order chi connectivity index (χ1) is 31.0. The van der Waals surface area contributed by atoms with Gasteiger partial charge in [-0.1, -0.05) is 231 Å². The van der Waals surface area contributed by atoms with Gasteiger partial charge in [-0.05, 0) is 70.6 Å². The summed E-state index contributed by atoms with van der Waals surface area (Å²) in [5.41, 5.74) is 0. The highest BCUT2D eigenvalue weighted by Crippen LogP contribution is 2.13. The summed E-state index contributed by atoms with van der Waals surface area (Å²) in [6, 6.07) is 0. The molecule has 0 heterocycles. The number of carbonyl (C=O) groups is 3. The molecule has 6 heteroatoms. The highest BCUT2D eigenvalue weighted by Gasteiger charge is 2.19. The van der Waals surface area contributed by atoms with E-state index in [2.05, 4.69) is 57.2 Å². The second-order valence-corrected chi connectivity index (χ2v) is 15.5. The summed E-state index contributed by atoms with van der Waals surface area (Å²) >= 11 is 0. The Morgan fingerprint density at radius 2 is 0.635 bits per heavy atom. The molecular formula is C57H86O6. The van der Waals surface area contributed by atoms with E-state index < -0.39 is 12.1 Å². The molecule has 0 amide bonds. The molecule has 0 aliphatic carbocycles. The maximum absolute atomic E-state index is 12.7. The molecule has 0 spiro atoms. The van der Waals surface area contributed by atoms with Crippen molar-refractivity contribution in [2.45, 2.75) is 181 Å². The smallest absolute Gasteiger partial charge is 0.306 e. The topological polar surface area (TPSA) is 78.9 Å². The molecule has 0 aromatic heterocycles. The molecule has 0 aromatic carbocycles. The van der Waals surface area contributed by atoms with Crippen LogP contribution in [0.2, 0.25) is 0 Å². The zero-order valence-electron chi connectivity index (χ0n) is 39.8. The highest BCUT2D eigenvalue weighted by atomic mass is 16.6. The molecule has 0 rings (SSSR count). The fourth-order valence-corrected chi connectivity index (χ4v) is 5.96. The van der Waals surface area contributed by atoms with Crippen molar-refractivity contribution in [3.05, 3.63) is 146 Å². The fourth-order valence-electron chi connectivity index (χ4n) is 5.96. The van der Waals surface area contributed by atoms with Gasteiger partial charge in [0.25, 0.3) is 0 Å². The quantitative estimate of drug-likeness (QED) is 0.0264. The predicted octanol–water partition coefficient (Wildman–Crippen LogP) is 16.1. The van der Waals surface area contributed by atoms with Crippen LogP contribution in [0.1, 0.15) is 175 Å². The normalized spacial score (nSPS) is 13.4. The van der Waals surface area contributed by atoms with Crippen molar-refractivity contribution in [1.82, 2.24) is 0 Å². The molecule has 0 aliphatic rings. The van der Waals surface area contributed by atoms with E-state index in [1.807, 2.05) is 109 Å². The van der Waals surface area contributed by atoms with Gasteiger partial charge in [0.1, 0.15) is 13.2 Å². The van der Waals surface area contributed by atoms with E-state index in [0.717, 1.165) is 38.5 Å². The molecule has 1 unspecified atom stereocenters. The SMILES string of the molecule is CC/C=C/C=C/C=C/C=C/C=C/CCCC(=O)OCC(COC(=O)CCCCCCCCCCCC/C=C/C=C/CCCCC)OC(=O)CCC/C=C/C=C/C=C/C=C/C=C/CC. The monoisotopic (exact) mass is 867 g/mol. The second-order valence-electron chi connectivity index (χ2n) is 15.5. The zero-order valence-corrected chi connectivity index (χ0v) is 39.8. The van der Waals surface area contributed by atoms with Gasteiger partial charge in [0.2, 0.25) is 0 Å². The third-order valence-electron chi connectivity index (χ3n) is 9.59. The first-order valence-electron chi connectivity index (χ1n) is 24.5. The van der Waals surface area contributed by atoms with Crippen molar-refractivity contribution >= 4 is 17.9 Å². The molecule has 0 N–H and O–H groups in total. The largest absolute Gasteiger partial charge is 0.462 e. The molecular weight excluding hydrogens is 781 g/mol. The number of rotatable bonds is 41. The van der Waals surface area contributed by atoms with Gasteiger partial charge in [-0.15, -0.1) is 0 Å². The molecule has 0 aromatic rings. The van der Waals surface area contributed by atoms with Gasteiger partial charge >= 0.3 is 17.9 Å². The zero-order chi connectivity index (χ0) is 45.8. The predicted molar refractivity (Wildman–Crippen MR) is 269 cm³/mol. The van der Waals surface area contributed by atoms with E-state index in [1.165, 1.54) is 77.0 Å². The van der Waals surface area contributed by atoms with E-state index in [4.69, 9.17) is 14.2 Å². The van der Waals surface area contributed by atoms with Crippen LogP contribution >= 0.6 is 0 Å². The summed E-state index contributed by atoms with van der Waals surface area (Å²) in [5.74, 6) is -1.11. The standard InChI is InChI=1S/C57H86O6/c1-4-7-10-13-16-19-22-25-26-27-28-29-30-33-35-38-41-44-47-50-56(59)62-53-54(63-57(60)51-48-45-42-39-36-32-24-21-18-15-12-9-6-3)52-61-55(58)49-46-43-40-37-34-31-23-20-17-14-11-8-5-2/h8-9,11-12,14-25,31-32,34,36-37,39-40,42,54H,4-7,10,13,26-30,33,35,38,41,43-53H2,1-3H3/b11-8+,12-9+,17-14+,18-15+,19-16+,23-20+,24-21+,25-22+,34-31+,36-32+,40-37+,42-39+. The third-order valence-corrected chi connectivity index (χ3v) is 9.59. The van der Waals surface area contributed by atoms with Gasteiger partial charge < -0.3 is 14.2 Å². The number of esters is 3. The molecule has 6 nitrogen and oxygen atoms in total. The second kappa shape index (κ2) is 49.9. The van der Waals surface area contributed by atoms with Crippen molar-refractivity contribution in [2.75, 3.05) is 13.2 Å². The fraction of sp³-hybridized carbons (Fsp3) is 0.526. The van der Waals surface area contributed by atoms with Crippen LogP contribution in [0.15, 0.2) is 146 Å². The molecule has 0 aliphatic heterocycles. The minimum absolute atomic E-state index is 0.138. The summed E-state index contributed by atoms with van der Waals surface area (Å²) in [7, 11) is 0. The van der Waals surface area contributed by atoms with Gasteiger partial charge in [0, 0.05) is 19.3 Å². The van der Waals surface area contributed by atoms with Crippen LogP contribution in [0.3, 0.4) is 0 Å². The van der Waals surface area contributed by atoms with Gasteiger partial charge in [-0.2, -0.15) is 0 Å². The minimum atomic E-state index is -0.850. The molecule has 1 atom stereocenters. The lowest BCUT2D eigenvalue weighted by atomic mass is 10.1. The molecule has 0 saturated heterocycles. The van der Waals surface area contributed by atoms with E-state index >= 15 is 0 Å². The molecule has 63 heavy (non-hydrogen) atoms. The molecule has 0 bridgehead atoms. The Kier molecular flexibility index (Phi) is 46.2. The van der Waals surface area contributed by atoms with Crippen LogP contribution in [-0.4, -0.2) is 37.2 Å².